The summed E-state index contributed by atoms with van der Waals surface area (Å²) in [7, 11) is 0. The van der Waals surface area contributed by atoms with E-state index in [9.17, 15) is 9.90 Å². The van der Waals surface area contributed by atoms with Gasteiger partial charge >= 0.3 is 17.1 Å². The van der Waals surface area contributed by atoms with E-state index in [0.29, 0.717) is 5.52 Å². The number of rotatable bonds is 1. The zero-order valence-electron chi connectivity index (χ0n) is 7.03. The Morgan fingerprint density at radius 2 is 1.93 bits per heavy atom. The third-order valence-corrected chi connectivity index (χ3v) is 1.85. The van der Waals surface area contributed by atoms with Crippen LogP contribution in [0.25, 0.3) is 10.9 Å². The summed E-state index contributed by atoms with van der Waals surface area (Å²) in [5, 5.41) is 11.5. The number of aromatic nitrogens is 1. The molecule has 0 aliphatic carbocycles. The number of para-hydroxylation sites is 1. The van der Waals surface area contributed by atoms with Gasteiger partial charge in [-0.25, -0.2) is 0 Å². The van der Waals surface area contributed by atoms with E-state index in [0.717, 1.165) is 5.39 Å². The van der Waals surface area contributed by atoms with Gasteiger partial charge in [0, 0.05) is 17.1 Å². The van der Waals surface area contributed by atoms with Crippen molar-refractivity contribution in [3.63, 3.8) is 0 Å². The molecule has 74 valence electrons. The molecule has 0 aliphatic rings. The van der Waals surface area contributed by atoms with Gasteiger partial charge in [0.05, 0.1) is 11.5 Å². The summed E-state index contributed by atoms with van der Waals surface area (Å²) in [5.74, 6) is -1.19. The van der Waals surface area contributed by atoms with E-state index >= 15 is 0 Å². The van der Waals surface area contributed by atoms with Crippen molar-refractivity contribution in [3.8, 4) is 0 Å². The summed E-state index contributed by atoms with van der Waals surface area (Å²) in [5.41, 5.74) is 0.614. The number of carbonyl (C=O) groups excluding carboxylic acids is 1. The predicted molar refractivity (Wildman–Crippen MR) is 46.1 cm³/mol. The number of benzene rings is 1. The Morgan fingerprint density at radius 3 is 2.64 bits per heavy atom. The SMILES string of the molecule is O=C([O-])c1cccc2cccnc12.[Cu+]. The first kappa shape index (κ1) is 10.7. The Labute approximate surface area is 91.2 Å². The second-order valence-electron chi connectivity index (χ2n) is 2.67. The second-order valence-corrected chi connectivity index (χ2v) is 2.67. The molecule has 2 rings (SSSR count). The first-order chi connectivity index (χ1) is 6.29. The van der Waals surface area contributed by atoms with Crippen molar-refractivity contribution in [1.82, 2.24) is 4.98 Å². The van der Waals surface area contributed by atoms with E-state index in [1.165, 1.54) is 6.07 Å². The van der Waals surface area contributed by atoms with Gasteiger partial charge in [-0.1, -0.05) is 24.3 Å². The molecule has 1 heterocycles. The number of carboxylic acids is 1. The van der Waals surface area contributed by atoms with E-state index in [-0.39, 0.29) is 22.6 Å². The molecule has 0 amide bonds. The molecule has 0 aliphatic heterocycles. The van der Waals surface area contributed by atoms with Gasteiger partial charge in [0.15, 0.2) is 0 Å². The molecule has 3 nitrogen and oxygen atoms in total. The first-order valence-corrected chi connectivity index (χ1v) is 3.84. The Hall–Kier alpha value is -1.38. The van der Waals surface area contributed by atoms with Gasteiger partial charge < -0.3 is 9.90 Å². The van der Waals surface area contributed by atoms with Crippen molar-refractivity contribution >= 4 is 16.9 Å². The molecule has 1 aromatic carbocycles. The van der Waals surface area contributed by atoms with E-state index < -0.39 is 5.97 Å². The van der Waals surface area contributed by atoms with Crippen LogP contribution in [0.1, 0.15) is 10.4 Å². The molecule has 1 aromatic heterocycles. The van der Waals surface area contributed by atoms with E-state index in [1.54, 1.807) is 18.3 Å². The molecule has 0 radical (unpaired) electrons. The number of hydrogen-bond donors (Lipinski definition) is 0. The van der Waals surface area contributed by atoms with Crippen LogP contribution in [-0.2, 0) is 17.1 Å². The van der Waals surface area contributed by atoms with Gasteiger partial charge in [-0.2, -0.15) is 0 Å². The van der Waals surface area contributed by atoms with Crippen LogP contribution in [0.4, 0.5) is 0 Å². The second kappa shape index (κ2) is 4.22. The third kappa shape index (κ3) is 1.76. The van der Waals surface area contributed by atoms with Crippen LogP contribution in [0.5, 0.6) is 0 Å². The van der Waals surface area contributed by atoms with Gasteiger partial charge in [-0.3, -0.25) is 4.98 Å². The minimum atomic E-state index is -1.19. The van der Waals surface area contributed by atoms with Crippen LogP contribution in [0.15, 0.2) is 36.5 Å². The molecule has 0 saturated carbocycles. The van der Waals surface area contributed by atoms with Crippen LogP contribution < -0.4 is 5.11 Å². The number of hydrogen-bond acceptors (Lipinski definition) is 3. The molecule has 0 unspecified atom stereocenters. The molecule has 0 bridgehead atoms. The average molecular weight is 236 g/mol. The molecule has 0 spiro atoms. The molecule has 0 N–H and O–H groups in total. The number of pyridine rings is 1. The minimum absolute atomic E-state index is 0. The molecular weight excluding hydrogens is 230 g/mol. The summed E-state index contributed by atoms with van der Waals surface area (Å²) >= 11 is 0. The average Bonchev–Trinajstić information content (AvgIpc) is 2.17. The molecular formula is C10H6CuNO2. The third-order valence-electron chi connectivity index (χ3n) is 1.85. The monoisotopic (exact) mass is 235 g/mol. The van der Waals surface area contributed by atoms with Crippen molar-refractivity contribution < 1.29 is 27.0 Å². The van der Waals surface area contributed by atoms with E-state index in [1.807, 2.05) is 12.1 Å². The maximum atomic E-state index is 10.7. The molecule has 0 atom stereocenters. The first-order valence-electron chi connectivity index (χ1n) is 3.84. The van der Waals surface area contributed by atoms with Crippen LogP contribution in [0.2, 0.25) is 0 Å². The zero-order valence-corrected chi connectivity index (χ0v) is 7.97. The maximum absolute atomic E-state index is 10.7. The van der Waals surface area contributed by atoms with Gasteiger partial charge in [0.25, 0.3) is 0 Å². The summed E-state index contributed by atoms with van der Waals surface area (Å²) in [6.07, 6.45) is 1.56. The summed E-state index contributed by atoms with van der Waals surface area (Å²) in [6, 6.07) is 8.56. The van der Waals surface area contributed by atoms with E-state index in [2.05, 4.69) is 4.98 Å². The Morgan fingerprint density at radius 1 is 1.21 bits per heavy atom. The summed E-state index contributed by atoms with van der Waals surface area (Å²) < 4.78 is 0. The van der Waals surface area contributed by atoms with Crippen LogP contribution >= 0.6 is 0 Å². The smallest absolute Gasteiger partial charge is 0.545 e. The predicted octanol–water partition coefficient (Wildman–Crippen LogP) is 0.596. The summed E-state index contributed by atoms with van der Waals surface area (Å²) in [6.45, 7) is 0. The number of aromatic carboxylic acids is 1. The van der Waals surface area contributed by atoms with Gasteiger partial charge in [-0.15, -0.1) is 0 Å². The molecule has 4 heteroatoms. The van der Waals surface area contributed by atoms with Crippen molar-refractivity contribution in [2.75, 3.05) is 0 Å². The van der Waals surface area contributed by atoms with Gasteiger partial charge in [0.1, 0.15) is 0 Å². The molecule has 2 aromatic rings. The van der Waals surface area contributed by atoms with Gasteiger partial charge in [0.2, 0.25) is 0 Å². The van der Waals surface area contributed by atoms with Crippen LogP contribution in [-0.4, -0.2) is 11.0 Å². The number of carbonyl (C=O) groups is 1. The van der Waals surface area contributed by atoms with Crippen molar-refractivity contribution in [2.24, 2.45) is 0 Å². The Balaban J connectivity index is 0.000000980. The van der Waals surface area contributed by atoms with Crippen molar-refractivity contribution in [1.29, 1.82) is 0 Å². The normalized spacial score (nSPS) is 9.43. The largest absolute Gasteiger partial charge is 1.00 e. The number of fused-ring (bicyclic) bond motifs is 1. The Kier molecular flexibility index (Phi) is 3.23. The molecule has 14 heavy (non-hydrogen) atoms. The topological polar surface area (TPSA) is 53.0 Å². The fourth-order valence-corrected chi connectivity index (χ4v) is 1.27. The van der Waals surface area contributed by atoms with Crippen LogP contribution in [0.3, 0.4) is 0 Å². The van der Waals surface area contributed by atoms with Gasteiger partial charge in [-0.05, 0) is 6.07 Å². The maximum Gasteiger partial charge on any atom is 1.00 e. The van der Waals surface area contributed by atoms with Crippen molar-refractivity contribution in [3.05, 3.63) is 42.1 Å². The zero-order chi connectivity index (χ0) is 9.26. The Bertz CT molecular complexity index is 465. The molecule has 0 saturated heterocycles. The number of nitrogens with zero attached hydrogens (tertiary/aromatic N) is 1. The number of carboxylic acid groups (broad SMARTS) is 1. The summed E-state index contributed by atoms with van der Waals surface area (Å²) in [4.78, 5) is 14.6. The minimum Gasteiger partial charge on any atom is -0.545 e. The molecule has 0 fully saturated rings. The fourth-order valence-electron chi connectivity index (χ4n) is 1.27. The fraction of sp³-hybridized carbons (Fsp3) is 0. The van der Waals surface area contributed by atoms with Crippen molar-refractivity contribution in [2.45, 2.75) is 0 Å². The quantitative estimate of drug-likeness (QED) is 0.680. The van der Waals surface area contributed by atoms with E-state index in [4.69, 9.17) is 0 Å². The standard InChI is InChI=1S/C10H7NO2.Cu/c12-10(13)8-5-1-3-7-4-2-6-11-9(7)8;/h1-6H,(H,12,13);/q;+1/p-1. The van der Waals surface area contributed by atoms with Crippen LogP contribution in [0, 0.1) is 0 Å².